The van der Waals surface area contributed by atoms with Crippen LogP contribution in [0.5, 0.6) is 11.5 Å². The van der Waals surface area contributed by atoms with E-state index in [9.17, 15) is 4.79 Å². The normalized spacial score (nSPS) is 10.8. The Balaban J connectivity index is 1.56. The van der Waals surface area contributed by atoms with Crippen molar-refractivity contribution in [2.24, 2.45) is 0 Å². The van der Waals surface area contributed by atoms with E-state index >= 15 is 0 Å². The molecule has 0 saturated carbocycles. The van der Waals surface area contributed by atoms with Crippen molar-refractivity contribution in [1.82, 2.24) is 9.38 Å². The largest absolute Gasteiger partial charge is 0.457 e. The van der Waals surface area contributed by atoms with Gasteiger partial charge in [-0.05, 0) is 61.4 Å². The molecule has 0 atom stereocenters. The van der Waals surface area contributed by atoms with Crippen LogP contribution in [0.25, 0.3) is 5.65 Å². The van der Waals surface area contributed by atoms with Crippen LogP contribution in [0.15, 0.2) is 72.9 Å². The van der Waals surface area contributed by atoms with Crippen LogP contribution < -0.4 is 10.1 Å². The summed E-state index contributed by atoms with van der Waals surface area (Å²) in [6, 6.07) is 20.9. The molecule has 2 heterocycles. The molecule has 0 fully saturated rings. The van der Waals surface area contributed by atoms with Crippen molar-refractivity contribution in [2.75, 3.05) is 5.32 Å². The Morgan fingerprint density at radius 3 is 2.45 bits per heavy atom. The van der Waals surface area contributed by atoms with Gasteiger partial charge in [0.25, 0.3) is 5.91 Å². The van der Waals surface area contributed by atoms with E-state index in [1.54, 1.807) is 0 Å². The number of aromatic nitrogens is 2. The molecule has 0 aliphatic carbocycles. The molecule has 0 aliphatic rings. The second kappa shape index (κ2) is 8.19. The molecule has 0 bridgehead atoms. The molecular formula is C24H23N3O2. The Kier molecular flexibility index (Phi) is 5.29. The summed E-state index contributed by atoms with van der Waals surface area (Å²) in [5, 5.41) is 2.99. The summed E-state index contributed by atoms with van der Waals surface area (Å²) in [4.78, 5) is 17.8. The summed E-state index contributed by atoms with van der Waals surface area (Å²) >= 11 is 0. The Morgan fingerprint density at radius 2 is 1.72 bits per heavy atom. The number of hydrogen-bond acceptors (Lipinski definition) is 3. The monoisotopic (exact) mass is 385 g/mol. The Labute approximate surface area is 170 Å². The highest BCUT2D eigenvalue weighted by molar-refractivity contribution is 6.04. The summed E-state index contributed by atoms with van der Waals surface area (Å²) in [5.74, 6) is 1.32. The number of para-hydroxylation sites is 1. The number of hydrogen-bond donors (Lipinski definition) is 1. The fraction of sp³-hybridized carbons (Fsp3) is 0.167. The number of carbonyl (C=O) groups is 1. The molecule has 2 aromatic heterocycles. The number of anilines is 1. The van der Waals surface area contributed by atoms with Crippen molar-refractivity contribution < 1.29 is 9.53 Å². The van der Waals surface area contributed by atoms with Gasteiger partial charge in [-0.3, -0.25) is 9.20 Å². The summed E-state index contributed by atoms with van der Waals surface area (Å²) in [5.41, 5.74) is 4.00. The molecule has 1 amide bonds. The summed E-state index contributed by atoms with van der Waals surface area (Å²) in [7, 11) is 0. The predicted octanol–water partition coefficient (Wildman–Crippen LogP) is 5.64. The van der Waals surface area contributed by atoms with Crippen molar-refractivity contribution in [1.29, 1.82) is 0 Å². The molecule has 4 aromatic rings. The molecular weight excluding hydrogens is 362 g/mol. The van der Waals surface area contributed by atoms with E-state index in [2.05, 4.69) is 12.2 Å². The van der Waals surface area contributed by atoms with E-state index in [1.165, 1.54) is 0 Å². The van der Waals surface area contributed by atoms with Crippen molar-refractivity contribution in [3.05, 3.63) is 89.9 Å². The number of fused-ring (bicyclic) bond motifs is 1. The third kappa shape index (κ3) is 3.99. The highest BCUT2D eigenvalue weighted by atomic mass is 16.5. The zero-order valence-electron chi connectivity index (χ0n) is 16.6. The highest BCUT2D eigenvalue weighted by Gasteiger charge is 2.19. The van der Waals surface area contributed by atoms with E-state index in [-0.39, 0.29) is 5.91 Å². The number of ether oxygens (including phenoxy) is 1. The van der Waals surface area contributed by atoms with Crippen LogP contribution in [0.3, 0.4) is 0 Å². The Morgan fingerprint density at radius 1 is 1.00 bits per heavy atom. The second-order valence-electron chi connectivity index (χ2n) is 6.94. The van der Waals surface area contributed by atoms with Gasteiger partial charge in [-0.1, -0.05) is 37.6 Å². The van der Waals surface area contributed by atoms with Crippen LogP contribution in [0.4, 0.5) is 5.69 Å². The molecule has 1 N–H and O–H groups in total. The molecule has 0 aliphatic heterocycles. The minimum atomic E-state index is -0.164. The van der Waals surface area contributed by atoms with Gasteiger partial charge in [-0.25, -0.2) is 4.98 Å². The van der Waals surface area contributed by atoms with E-state index in [1.807, 2.05) is 84.3 Å². The Bertz CT molecular complexity index is 1130. The fourth-order valence-corrected chi connectivity index (χ4v) is 3.32. The number of carbonyl (C=O) groups excluding carboxylic acids is 1. The van der Waals surface area contributed by atoms with Crippen LogP contribution in [0, 0.1) is 6.92 Å². The number of nitrogens with zero attached hydrogens (tertiary/aromatic N) is 2. The van der Waals surface area contributed by atoms with E-state index in [4.69, 9.17) is 9.72 Å². The van der Waals surface area contributed by atoms with Gasteiger partial charge in [0.05, 0.1) is 5.69 Å². The first kappa shape index (κ1) is 18.7. The van der Waals surface area contributed by atoms with Gasteiger partial charge >= 0.3 is 0 Å². The van der Waals surface area contributed by atoms with Gasteiger partial charge in [0, 0.05) is 11.9 Å². The molecule has 5 nitrogen and oxygen atoms in total. The first-order chi connectivity index (χ1) is 14.2. The predicted molar refractivity (Wildman–Crippen MR) is 115 cm³/mol. The van der Waals surface area contributed by atoms with Crippen molar-refractivity contribution in [3.63, 3.8) is 0 Å². The molecule has 4 rings (SSSR count). The lowest BCUT2D eigenvalue weighted by atomic mass is 10.2. The Hall–Kier alpha value is -3.60. The topological polar surface area (TPSA) is 55.6 Å². The molecule has 0 radical (unpaired) electrons. The minimum Gasteiger partial charge on any atom is -0.457 e. The lowest BCUT2D eigenvalue weighted by molar-refractivity contribution is 0.102. The molecule has 2 aromatic carbocycles. The number of imidazole rings is 1. The van der Waals surface area contributed by atoms with Crippen LogP contribution in [0.2, 0.25) is 0 Å². The number of benzene rings is 2. The van der Waals surface area contributed by atoms with Crippen LogP contribution in [-0.4, -0.2) is 15.3 Å². The van der Waals surface area contributed by atoms with Gasteiger partial charge in [-0.15, -0.1) is 0 Å². The third-order valence-corrected chi connectivity index (χ3v) is 4.71. The standard InChI is InChI=1S/C24H23N3O2/c1-3-8-21-22(27-16-7-9-17(2)23(27)26-21)24(28)25-18-12-14-20(15-13-18)29-19-10-5-4-6-11-19/h4-7,9-16H,3,8H2,1-2H3,(H,25,28). The van der Waals surface area contributed by atoms with Gasteiger partial charge in [0.15, 0.2) is 0 Å². The highest BCUT2D eigenvalue weighted by Crippen LogP contribution is 2.24. The number of amides is 1. The maximum atomic E-state index is 13.1. The maximum Gasteiger partial charge on any atom is 0.274 e. The van der Waals surface area contributed by atoms with E-state index in [0.717, 1.165) is 35.5 Å². The quantitative estimate of drug-likeness (QED) is 0.467. The van der Waals surface area contributed by atoms with Gasteiger partial charge < -0.3 is 10.1 Å². The smallest absolute Gasteiger partial charge is 0.274 e. The molecule has 146 valence electrons. The molecule has 0 unspecified atom stereocenters. The van der Waals surface area contributed by atoms with E-state index in [0.29, 0.717) is 17.1 Å². The molecule has 0 spiro atoms. The van der Waals surface area contributed by atoms with E-state index < -0.39 is 0 Å². The summed E-state index contributed by atoms with van der Waals surface area (Å²) in [6.07, 6.45) is 3.57. The second-order valence-corrected chi connectivity index (χ2v) is 6.94. The number of rotatable bonds is 6. The van der Waals surface area contributed by atoms with Gasteiger partial charge in [-0.2, -0.15) is 0 Å². The van der Waals surface area contributed by atoms with Crippen LogP contribution >= 0.6 is 0 Å². The van der Waals surface area contributed by atoms with Crippen molar-refractivity contribution in [2.45, 2.75) is 26.7 Å². The first-order valence-electron chi connectivity index (χ1n) is 9.76. The summed E-state index contributed by atoms with van der Waals surface area (Å²) < 4.78 is 7.68. The SMILES string of the molecule is CCCc1nc2c(C)cccn2c1C(=O)Nc1ccc(Oc2ccccc2)cc1. The number of pyridine rings is 1. The zero-order chi connectivity index (χ0) is 20.2. The molecule has 0 saturated heterocycles. The average Bonchev–Trinajstić information content (AvgIpc) is 3.10. The summed E-state index contributed by atoms with van der Waals surface area (Å²) in [6.45, 7) is 4.09. The molecule has 5 heteroatoms. The maximum absolute atomic E-state index is 13.1. The van der Waals surface area contributed by atoms with Gasteiger partial charge in [0.2, 0.25) is 0 Å². The fourth-order valence-electron chi connectivity index (χ4n) is 3.32. The lowest BCUT2D eigenvalue weighted by Gasteiger charge is -2.09. The lowest BCUT2D eigenvalue weighted by Crippen LogP contribution is -2.16. The third-order valence-electron chi connectivity index (χ3n) is 4.71. The average molecular weight is 385 g/mol. The van der Waals surface area contributed by atoms with Crippen LogP contribution in [-0.2, 0) is 6.42 Å². The minimum absolute atomic E-state index is 0.164. The molecule has 29 heavy (non-hydrogen) atoms. The van der Waals surface area contributed by atoms with Crippen LogP contribution in [0.1, 0.15) is 35.1 Å². The van der Waals surface area contributed by atoms with Crippen molar-refractivity contribution >= 4 is 17.2 Å². The number of nitrogens with one attached hydrogen (secondary N) is 1. The van der Waals surface area contributed by atoms with Crippen molar-refractivity contribution in [3.8, 4) is 11.5 Å². The zero-order valence-corrected chi connectivity index (χ0v) is 16.6. The van der Waals surface area contributed by atoms with Gasteiger partial charge in [0.1, 0.15) is 22.8 Å². The first-order valence-corrected chi connectivity index (χ1v) is 9.76. The number of aryl methyl sites for hydroxylation is 2.